The Morgan fingerprint density at radius 2 is 1.57 bits per heavy atom. The third-order valence-electron chi connectivity index (χ3n) is 5.77. The van der Waals surface area contributed by atoms with Gasteiger partial charge in [0.05, 0.1) is 12.6 Å². The summed E-state index contributed by atoms with van der Waals surface area (Å²) in [5.74, 6) is 1.13. The van der Waals surface area contributed by atoms with Crippen LogP contribution < -0.4 is 4.57 Å². The number of hydrogen-bond acceptors (Lipinski definition) is 1. The predicted octanol–water partition coefficient (Wildman–Crippen LogP) is 5.80. The fourth-order valence-electron chi connectivity index (χ4n) is 4.25. The summed E-state index contributed by atoms with van der Waals surface area (Å²) in [6.45, 7) is 4.29. The zero-order valence-electron chi connectivity index (χ0n) is 17.5. The Bertz CT molecular complexity index is 1360. The van der Waals surface area contributed by atoms with Crippen molar-refractivity contribution in [1.82, 2.24) is 9.55 Å². The van der Waals surface area contributed by atoms with E-state index in [0.717, 1.165) is 17.1 Å². The Kier molecular flexibility index (Phi) is 4.44. The van der Waals surface area contributed by atoms with Crippen LogP contribution in [0.3, 0.4) is 0 Å². The SMILES string of the molecule is Cc1ccc2c(c1)n(-c1ccccc1-c1ccccc1)c(-c1cnccc1C)[n+]2C. The van der Waals surface area contributed by atoms with Crippen molar-refractivity contribution in [3.8, 4) is 28.2 Å². The molecule has 0 spiro atoms. The minimum atomic E-state index is 1.13. The smallest absolute Gasteiger partial charge is 0.264 e. The van der Waals surface area contributed by atoms with Gasteiger partial charge in [0, 0.05) is 18.0 Å². The molecule has 0 fully saturated rings. The standard InChI is InChI=1S/C27H24N3/c1-19-13-14-25-26(17-19)30(27(29(25)3)23-18-28-16-15-20(23)2)24-12-8-7-11-22(24)21-9-5-4-6-10-21/h4-18H,1-3H3/q+1. The third kappa shape index (κ3) is 2.91. The first-order valence-corrected chi connectivity index (χ1v) is 10.2. The molecule has 146 valence electrons. The number of hydrogen-bond donors (Lipinski definition) is 0. The molecule has 30 heavy (non-hydrogen) atoms. The topological polar surface area (TPSA) is 21.7 Å². The van der Waals surface area contributed by atoms with Gasteiger partial charge in [-0.05, 0) is 54.8 Å². The van der Waals surface area contributed by atoms with Crippen molar-refractivity contribution in [1.29, 1.82) is 0 Å². The van der Waals surface area contributed by atoms with Gasteiger partial charge >= 0.3 is 0 Å². The molecule has 0 aliphatic carbocycles. The average molecular weight is 391 g/mol. The van der Waals surface area contributed by atoms with E-state index in [1.807, 2.05) is 12.4 Å². The molecule has 2 aromatic heterocycles. The van der Waals surface area contributed by atoms with Gasteiger partial charge in [-0.3, -0.25) is 4.98 Å². The number of benzene rings is 3. The lowest BCUT2D eigenvalue weighted by Gasteiger charge is -2.10. The van der Waals surface area contributed by atoms with Crippen molar-refractivity contribution < 1.29 is 4.57 Å². The molecule has 0 amide bonds. The Hall–Kier alpha value is -3.72. The molecule has 3 nitrogen and oxygen atoms in total. The normalized spacial score (nSPS) is 11.2. The zero-order chi connectivity index (χ0) is 20.7. The summed E-state index contributed by atoms with van der Waals surface area (Å²) in [6, 6.07) is 28.0. The first-order valence-electron chi connectivity index (χ1n) is 10.2. The van der Waals surface area contributed by atoms with Gasteiger partial charge in [-0.1, -0.05) is 54.6 Å². The first kappa shape index (κ1) is 18.3. The second kappa shape index (κ2) is 7.27. The zero-order valence-corrected chi connectivity index (χ0v) is 17.5. The maximum Gasteiger partial charge on any atom is 0.296 e. The molecule has 5 rings (SSSR count). The van der Waals surface area contributed by atoms with Gasteiger partial charge in [0.1, 0.15) is 5.69 Å². The quantitative estimate of drug-likeness (QED) is 0.357. The first-order chi connectivity index (χ1) is 14.6. The molecule has 0 saturated carbocycles. The number of para-hydroxylation sites is 1. The molecule has 3 aromatic carbocycles. The molecule has 0 saturated heterocycles. The Morgan fingerprint density at radius 3 is 2.37 bits per heavy atom. The molecule has 0 unspecified atom stereocenters. The number of nitrogens with zero attached hydrogens (tertiary/aromatic N) is 3. The van der Waals surface area contributed by atoms with Crippen LogP contribution in [0.1, 0.15) is 11.1 Å². The Labute approximate surface area is 176 Å². The van der Waals surface area contributed by atoms with E-state index >= 15 is 0 Å². The second-order valence-electron chi connectivity index (χ2n) is 7.78. The van der Waals surface area contributed by atoms with Crippen LogP contribution in [0.4, 0.5) is 0 Å². The van der Waals surface area contributed by atoms with E-state index in [9.17, 15) is 0 Å². The van der Waals surface area contributed by atoms with Crippen molar-refractivity contribution in [2.45, 2.75) is 13.8 Å². The van der Waals surface area contributed by atoms with E-state index < -0.39 is 0 Å². The van der Waals surface area contributed by atoms with Crippen LogP contribution in [-0.4, -0.2) is 9.55 Å². The average Bonchev–Trinajstić information content (AvgIpc) is 3.06. The number of fused-ring (bicyclic) bond motifs is 1. The van der Waals surface area contributed by atoms with Crippen LogP contribution in [0.25, 0.3) is 39.2 Å². The molecular weight excluding hydrogens is 366 g/mol. The fourth-order valence-corrected chi connectivity index (χ4v) is 4.25. The van der Waals surface area contributed by atoms with E-state index in [2.05, 4.69) is 114 Å². The van der Waals surface area contributed by atoms with Crippen molar-refractivity contribution in [2.24, 2.45) is 7.05 Å². The molecule has 0 bridgehead atoms. The molecule has 0 atom stereocenters. The molecule has 3 heteroatoms. The lowest BCUT2D eigenvalue weighted by atomic mass is 10.0. The summed E-state index contributed by atoms with van der Waals surface area (Å²) in [4.78, 5) is 4.44. The van der Waals surface area contributed by atoms with Crippen LogP contribution in [0.15, 0.2) is 91.3 Å². The maximum atomic E-state index is 4.44. The van der Waals surface area contributed by atoms with Crippen LogP contribution in [0.2, 0.25) is 0 Å². The van der Waals surface area contributed by atoms with Crippen LogP contribution in [0, 0.1) is 13.8 Å². The minimum absolute atomic E-state index is 1.13. The van der Waals surface area contributed by atoms with Gasteiger partial charge in [-0.2, -0.15) is 4.57 Å². The van der Waals surface area contributed by atoms with E-state index in [1.54, 1.807) is 0 Å². The summed E-state index contributed by atoms with van der Waals surface area (Å²) in [5, 5.41) is 0. The third-order valence-corrected chi connectivity index (χ3v) is 5.77. The van der Waals surface area contributed by atoms with Gasteiger partial charge in [-0.15, -0.1) is 0 Å². The molecule has 0 aliphatic rings. The number of pyridine rings is 1. The lowest BCUT2D eigenvalue weighted by molar-refractivity contribution is -0.633. The van der Waals surface area contributed by atoms with E-state index in [0.29, 0.717) is 0 Å². The minimum Gasteiger partial charge on any atom is -0.264 e. The monoisotopic (exact) mass is 390 g/mol. The molecular formula is C27H24N3+. The number of aryl methyl sites for hydroxylation is 3. The molecule has 5 aromatic rings. The van der Waals surface area contributed by atoms with Crippen LogP contribution in [0.5, 0.6) is 0 Å². The molecule has 0 N–H and O–H groups in total. The summed E-state index contributed by atoms with van der Waals surface area (Å²) in [7, 11) is 2.14. The van der Waals surface area contributed by atoms with Crippen molar-refractivity contribution in [3.05, 3.63) is 102 Å². The van der Waals surface area contributed by atoms with E-state index in [4.69, 9.17) is 0 Å². The van der Waals surface area contributed by atoms with Crippen LogP contribution in [-0.2, 0) is 7.05 Å². The summed E-state index contributed by atoms with van der Waals surface area (Å²) >= 11 is 0. The number of imidazole rings is 1. The van der Waals surface area contributed by atoms with Gasteiger partial charge in [0.2, 0.25) is 0 Å². The summed E-state index contributed by atoms with van der Waals surface area (Å²) in [5.41, 5.74) is 9.56. The highest BCUT2D eigenvalue weighted by Crippen LogP contribution is 2.34. The van der Waals surface area contributed by atoms with E-state index in [-0.39, 0.29) is 0 Å². The van der Waals surface area contributed by atoms with Crippen molar-refractivity contribution >= 4 is 11.0 Å². The summed E-state index contributed by atoms with van der Waals surface area (Å²) < 4.78 is 4.66. The molecule has 0 radical (unpaired) electrons. The second-order valence-corrected chi connectivity index (χ2v) is 7.78. The Balaban J connectivity index is 1.93. The van der Waals surface area contributed by atoms with Crippen molar-refractivity contribution in [3.63, 3.8) is 0 Å². The van der Waals surface area contributed by atoms with E-state index in [1.165, 1.54) is 33.3 Å². The largest absolute Gasteiger partial charge is 0.296 e. The van der Waals surface area contributed by atoms with Crippen LogP contribution >= 0.6 is 0 Å². The lowest BCUT2D eigenvalue weighted by Crippen LogP contribution is -2.30. The number of rotatable bonds is 3. The highest BCUT2D eigenvalue weighted by atomic mass is 15.2. The van der Waals surface area contributed by atoms with Gasteiger partial charge in [0.15, 0.2) is 11.0 Å². The van der Waals surface area contributed by atoms with Crippen molar-refractivity contribution in [2.75, 3.05) is 0 Å². The summed E-state index contributed by atoms with van der Waals surface area (Å²) in [6.07, 6.45) is 3.83. The van der Waals surface area contributed by atoms with Gasteiger partial charge < -0.3 is 0 Å². The maximum absolute atomic E-state index is 4.44. The van der Waals surface area contributed by atoms with Gasteiger partial charge in [0.25, 0.3) is 5.82 Å². The fraction of sp³-hybridized carbons (Fsp3) is 0.111. The van der Waals surface area contributed by atoms with Gasteiger partial charge in [-0.25, -0.2) is 4.57 Å². The predicted molar refractivity (Wildman–Crippen MR) is 123 cm³/mol. The molecule has 0 aliphatic heterocycles. The Morgan fingerprint density at radius 1 is 0.800 bits per heavy atom. The molecule has 2 heterocycles. The highest BCUT2D eigenvalue weighted by molar-refractivity contribution is 5.84. The number of aromatic nitrogens is 3. The highest BCUT2D eigenvalue weighted by Gasteiger charge is 2.28.